The molecule has 7 nitrogen and oxygen atoms in total. The molecule has 0 atom stereocenters. The number of para-hydroxylation sites is 1. The first-order valence-corrected chi connectivity index (χ1v) is 12.7. The summed E-state index contributed by atoms with van der Waals surface area (Å²) in [5.41, 5.74) is 2.21. The Balaban J connectivity index is 1.96. The van der Waals surface area contributed by atoms with E-state index in [1.165, 1.54) is 12.1 Å². The standard InChI is InChI=1S/C27H31N3O4S/c1-19-12-11-17-24(20(19)2)30(35(33,34)21-13-7-6-8-14-21)18-25(31)28-23-16-10-9-15-22(23)26(32)29-27(3,4)5/h6-17H,18H2,1-5H3,(H,28,31)(H,29,32). The topological polar surface area (TPSA) is 95.6 Å². The van der Waals surface area contributed by atoms with Gasteiger partial charge in [0.2, 0.25) is 5.91 Å². The van der Waals surface area contributed by atoms with E-state index in [-0.39, 0.29) is 10.8 Å². The number of hydrogen-bond acceptors (Lipinski definition) is 4. The highest BCUT2D eigenvalue weighted by Gasteiger charge is 2.29. The van der Waals surface area contributed by atoms with E-state index in [0.29, 0.717) is 16.9 Å². The highest BCUT2D eigenvalue weighted by molar-refractivity contribution is 7.92. The smallest absolute Gasteiger partial charge is 0.264 e. The van der Waals surface area contributed by atoms with Crippen molar-refractivity contribution in [3.63, 3.8) is 0 Å². The number of carbonyl (C=O) groups is 2. The van der Waals surface area contributed by atoms with E-state index in [1.54, 1.807) is 54.6 Å². The molecular formula is C27H31N3O4S. The Bertz CT molecular complexity index is 1330. The van der Waals surface area contributed by atoms with Crippen molar-refractivity contribution in [2.45, 2.75) is 45.1 Å². The fourth-order valence-electron chi connectivity index (χ4n) is 3.54. The molecule has 0 saturated carbocycles. The first-order chi connectivity index (χ1) is 16.4. The van der Waals surface area contributed by atoms with E-state index in [1.807, 2.05) is 40.7 Å². The summed E-state index contributed by atoms with van der Waals surface area (Å²) >= 11 is 0. The zero-order valence-electron chi connectivity index (χ0n) is 20.6. The molecule has 3 aromatic rings. The maximum atomic E-state index is 13.6. The van der Waals surface area contributed by atoms with Crippen LogP contribution in [0.3, 0.4) is 0 Å². The van der Waals surface area contributed by atoms with E-state index >= 15 is 0 Å². The Morgan fingerprint density at radius 1 is 0.857 bits per heavy atom. The lowest BCUT2D eigenvalue weighted by atomic mass is 10.1. The van der Waals surface area contributed by atoms with E-state index in [4.69, 9.17) is 0 Å². The second kappa shape index (κ2) is 10.3. The van der Waals surface area contributed by atoms with Gasteiger partial charge in [0.1, 0.15) is 6.54 Å². The van der Waals surface area contributed by atoms with Gasteiger partial charge in [0.05, 0.1) is 21.8 Å². The third-order valence-corrected chi connectivity index (χ3v) is 7.17. The molecule has 2 amide bonds. The lowest BCUT2D eigenvalue weighted by molar-refractivity contribution is -0.114. The van der Waals surface area contributed by atoms with Crippen molar-refractivity contribution < 1.29 is 18.0 Å². The number of sulfonamides is 1. The molecule has 0 aromatic heterocycles. The van der Waals surface area contributed by atoms with Crippen LogP contribution in [-0.4, -0.2) is 32.3 Å². The summed E-state index contributed by atoms with van der Waals surface area (Å²) in [4.78, 5) is 26.0. The number of benzene rings is 3. The average molecular weight is 494 g/mol. The SMILES string of the molecule is Cc1cccc(N(CC(=O)Nc2ccccc2C(=O)NC(C)(C)C)S(=O)(=O)c2ccccc2)c1C. The van der Waals surface area contributed by atoms with E-state index in [9.17, 15) is 18.0 Å². The number of anilines is 2. The fourth-order valence-corrected chi connectivity index (χ4v) is 5.04. The number of hydrogen-bond donors (Lipinski definition) is 2. The van der Waals surface area contributed by atoms with Crippen LogP contribution in [0.5, 0.6) is 0 Å². The second-order valence-electron chi connectivity index (χ2n) is 9.34. The molecular weight excluding hydrogens is 462 g/mol. The molecule has 0 saturated heterocycles. The molecule has 2 N–H and O–H groups in total. The van der Waals surface area contributed by atoms with Gasteiger partial charge in [0.15, 0.2) is 0 Å². The van der Waals surface area contributed by atoms with Gasteiger partial charge in [-0.2, -0.15) is 0 Å². The molecule has 0 fully saturated rings. The zero-order valence-corrected chi connectivity index (χ0v) is 21.4. The highest BCUT2D eigenvalue weighted by atomic mass is 32.2. The van der Waals surface area contributed by atoms with E-state index in [0.717, 1.165) is 15.4 Å². The Hall–Kier alpha value is -3.65. The van der Waals surface area contributed by atoms with Crippen LogP contribution in [-0.2, 0) is 14.8 Å². The minimum Gasteiger partial charge on any atom is -0.347 e. The van der Waals surface area contributed by atoms with Gasteiger partial charge in [-0.1, -0.05) is 42.5 Å². The molecule has 8 heteroatoms. The lowest BCUT2D eigenvalue weighted by Crippen LogP contribution is -2.41. The van der Waals surface area contributed by atoms with Crippen LogP contribution in [0.15, 0.2) is 77.7 Å². The van der Waals surface area contributed by atoms with Gasteiger partial charge < -0.3 is 10.6 Å². The van der Waals surface area contributed by atoms with Crippen LogP contribution < -0.4 is 14.9 Å². The lowest BCUT2D eigenvalue weighted by Gasteiger charge is -2.26. The van der Waals surface area contributed by atoms with Gasteiger partial charge in [-0.25, -0.2) is 8.42 Å². The first-order valence-electron chi connectivity index (χ1n) is 11.3. The van der Waals surface area contributed by atoms with Gasteiger partial charge in [0.25, 0.3) is 15.9 Å². The van der Waals surface area contributed by atoms with Crippen LogP contribution in [0, 0.1) is 13.8 Å². The van der Waals surface area contributed by atoms with Crippen molar-refractivity contribution in [3.05, 3.63) is 89.5 Å². The van der Waals surface area contributed by atoms with Crippen molar-refractivity contribution in [1.29, 1.82) is 0 Å². The molecule has 184 valence electrons. The second-order valence-corrected chi connectivity index (χ2v) is 11.2. The number of nitrogens with zero attached hydrogens (tertiary/aromatic N) is 1. The first kappa shape index (κ1) is 26.0. The molecule has 0 unspecified atom stereocenters. The summed E-state index contributed by atoms with van der Waals surface area (Å²) in [6.45, 7) is 8.84. The number of carbonyl (C=O) groups excluding carboxylic acids is 2. The number of amides is 2. The van der Waals surface area contributed by atoms with Crippen molar-refractivity contribution in [1.82, 2.24) is 5.32 Å². The van der Waals surface area contributed by atoms with Crippen LogP contribution in [0.2, 0.25) is 0 Å². The van der Waals surface area contributed by atoms with Crippen LogP contribution >= 0.6 is 0 Å². The molecule has 3 rings (SSSR count). The largest absolute Gasteiger partial charge is 0.347 e. The maximum absolute atomic E-state index is 13.6. The predicted molar refractivity (Wildman–Crippen MR) is 139 cm³/mol. The fraction of sp³-hybridized carbons (Fsp3) is 0.259. The molecule has 0 bridgehead atoms. The Morgan fingerprint density at radius 3 is 2.14 bits per heavy atom. The molecule has 35 heavy (non-hydrogen) atoms. The number of aryl methyl sites for hydroxylation is 1. The summed E-state index contributed by atoms with van der Waals surface area (Å²) in [7, 11) is -4.04. The van der Waals surface area contributed by atoms with Crippen molar-refractivity contribution in [2.75, 3.05) is 16.2 Å². The summed E-state index contributed by atoms with van der Waals surface area (Å²) in [5.74, 6) is -0.905. The molecule has 0 aliphatic rings. The molecule has 0 spiro atoms. The third-order valence-electron chi connectivity index (χ3n) is 5.40. The van der Waals surface area contributed by atoms with Crippen molar-refractivity contribution >= 4 is 33.2 Å². The van der Waals surface area contributed by atoms with Crippen LogP contribution in [0.1, 0.15) is 42.3 Å². The van der Waals surface area contributed by atoms with Gasteiger partial charge in [-0.05, 0) is 76.1 Å². The van der Waals surface area contributed by atoms with Gasteiger partial charge in [-0.3, -0.25) is 13.9 Å². The molecule has 3 aromatic carbocycles. The predicted octanol–water partition coefficient (Wildman–Crippen LogP) is 4.67. The van der Waals surface area contributed by atoms with Crippen LogP contribution in [0.4, 0.5) is 11.4 Å². The molecule has 0 aliphatic carbocycles. The van der Waals surface area contributed by atoms with Gasteiger partial charge in [-0.15, -0.1) is 0 Å². The zero-order chi connectivity index (χ0) is 25.8. The van der Waals surface area contributed by atoms with Gasteiger partial charge in [0, 0.05) is 5.54 Å². The highest BCUT2D eigenvalue weighted by Crippen LogP contribution is 2.28. The Labute approximate surface area is 207 Å². The average Bonchev–Trinajstić information content (AvgIpc) is 2.79. The third kappa shape index (κ3) is 6.27. The summed E-state index contributed by atoms with van der Waals surface area (Å²) in [5, 5.41) is 5.61. The quantitative estimate of drug-likeness (QED) is 0.500. The normalized spacial score (nSPS) is 11.6. The summed E-state index contributed by atoms with van der Waals surface area (Å²) < 4.78 is 28.3. The molecule has 0 radical (unpaired) electrons. The number of nitrogens with one attached hydrogen (secondary N) is 2. The maximum Gasteiger partial charge on any atom is 0.264 e. The Kier molecular flexibility index (Phi) is 7.65. The minimum atomic E-state index is -4.04. The van der Waals surface area contributed by atoms with E-state index < -0.39 is 28.0 Å². The van der Waals surface area contributed by atoms with E-state index in [2.05, 4.69) is 10.6 Å². The van der Waals surface area contributed by atoms with Crippen molar-refractivity contribution in [2.24, 2.45) is 0 Å². The summed E-state index contributed by atoms with van der Waals surface area (Å²) in [6, 6.07) is 20.0. The Morgan fingerprint density at radius 2 is 1.49 bits per heavy atom. The van der Waals surface area contributed by atoms with Crippen molar-refractivity contribution in [3.8, 4) is 0 Å². The summed E-state index contributed by atoms with van der Waals surface area (Å²) in [6.07, 6.45) is 0. The minimum absolute atomic E-state index is 0.0821. The number of rotatable bonds is 7. The molecule has 0 aliphatic heterocycles. The van der Waals surface area contributed by atoms with Gasteiger partial charge >= 0.3 is 0 Å². The monoisotopic (exact) mass is 493 g/mol. The van der Waals surface area contributed by atoms with Crippen LogP contribution in [0.25, 0.3) is 0 Å². The molecule has 0 heterocycles.